The summed E-state index contributed by atoms with van der Waals surface area (Å²) in [6.07, 6.45) is 8.11. The molecule has 2 aromatic rings. The van der Waals surface area contributed by atoms with Crippen molar-refractivity contribution < 1.29 is 8.42 Å². The highest BCUT2D eigenvalue weighted by atomic mass is 32.2. The maximum atomic E-state index is 12.6. The Morgan fingerprint density at radius 2 is 1.81 bits per heavy atom. The van der Waals surface area contributed by atoms with Gasteiger partial charge in [0.15, 0.2) is 10.1 Å². The summed E-state index contributed by atoms with van der Waals surface area (Å²) in [6.45, 7) is 1.96. The summed E-state index contributed by atoms with van der Waals surface area (Å²) in [5.41, 5.74) is 0.992. The summed E-state index contributed by atoms with van der Waals surface area (Å²) >= 11 is 0. The fourth-order valence-corrected chi connectivity index (χ4v) is 5.19. The predicted molar refractivity (Wildman–Crippen MR) is 99.9 cm³/mol. The molecular weight excluding hydrogens is 348 g/mol. The van der Waals surface area contributed by atoms with Crippen LogP contribution in [0.1, 0.15) is 25.7 Å². The molecule has 4 rings (SSSR count). The minimum absolute atomic E-state index is 0.0328. The lowest BCUT2D eigenvalue weighted by molar-refractivity contribution is 0.127. The van der Waals surface area contributed by atoms with Crippen molar-refractivity contribution in [3.63, 3.8) is 0 Å². The average Bonchev–Trinajstić information content (AvgIpc) is 2.76. The third-order valence-corrected chi connectivity index (χ3v) is 7.25. The predicted octanol–water partition coefficient (Wildman–Crippen LogP) is 2.37. The maximum Gasteiger partial charge on any atom is 0.241 e. The molecule has 2 fully saturated rings. The SMILES string of the molecule is CN1C2CCCC1CN(c1ccc(S(=O)(=O)c3ccccn3)nc1)CC2. The number of anilines is 1. The second kappa shape index (κ2) is 6.96. The van der Waals surface area contributed by atoms with E-state index in [4.69, 9.17) is 0 Å². The zero-order valence-corrected chi connectivity index (χ0v) is 15.8. The monoisotopic (exact) mass is 372 g/mol. The molecule has 7 heteroatoms. The van der Waals surface area contributed by atoms with Crippen LogP contribution >= 0.6 is 0 Å². The number of sulfone groups is 1. The number of pyridine rings is 2. The summed E-state index contributed by atoms with van der Waals surface area (Å²) in [4.78, 5) is 13.1. The maximum absolute atomic E-state index is 12.6. The van der Waals surface area contributed by atoms with E-state index in [9.17, 15) is 8.42 Å². The van der Waals surface area contributed by atoms with Crippen LogP contribution in [0.25, 0.3) is 0 Å². The highest BCUT2D eigenvalue weighted by Gasteiger charge is 2.32. The first-order valence-corrected chi connectivity index (χ1v) is 10.6. The van der Waals surface area contributed by atoms with E-state index in [2.05, 4.69) is 26.8 Å². The standard InChI is InChI=1S/C19H24N4O2S/c1-22-15-5-4-6-17(22)14-23(12-10-15)16-8-9-19(21-13-16)26(24,25)18-7-2-3-11-20-18/h2-3,7-9,11,13,15,17H,4-6,10,12,14H2,1H3. The zero-order valence-electron chi connectivity index (χ0n) is 15.0. The van der Waals surface area contributed by atoms with Gasteiger partial charge in [0.05, 0.1) is 11.9 Å². The molecule has 2 aliphatic heterocycles. The van der Waals surface area contributed by atoms with Crippen LogP contribution in [0.2, 0.25) is 0 Å². The van der Waals surface area contributed by atoms with E-state index in [0.29, 0.717) is 12.1 Å². The molecule has 4 heterocycles. The van der Waals surface area contributed by atoms with Crippen molar-refractivity contribution in [3.8, 4) is 0 Å². The summed E-state index contributed by atoms with van der Waals surface area (Å²) in [6, 6.07) is 9.56. The van der Waals surface area contributed by atoms with E-state index < -0.39 is 9.84 Å². The van der Waals surface area contributed by atoms with Crippen LogP contribution in [0.4, 0.5) is 5.69 Å². The van der Waals surface area contributed by atoms with Gasteiger partial charge < -0.3 is 4.90 Å². The second-order valence-electron chi connectivity index (χ2n) is 7.16. The van der Waals surface area contributed by atoms with Crippen molar-refractivity contribution in [1.82, 2.24) is 14.9 Å². The minimum atomic E-state index is -3.67. The van der Waals surface area contributed by atoms with Gasteiger partial charge in [-0.1, -0.05) is 12.5 Å². The Labute approximate surface area is 154 Å². The van der Waals surface area contributed by atoms with Crippen LogP contribution in [0, 0.1) is 0 Å². The van der Waals surface area contributed by atoms with Gasteiger partial charge in [0.1, 0.15) is 0 Å². The van der Waals surface area contributed by atoms with Crippen molar-refractivity contribution in [3.05, 3.63) is 42.7 Å². The highest BCUT2D eigenvalue weighted by Crippen LogP contribution is 2.29. The minimum Gasteiger partial charge on any atom is -0.369 e. The van der Waals surface area contributed by atoms with Gasteiger partial charge in [-0.25, -0.2) is 18.4 Å². The summed E-state index contributed by atoms with van der Waals surface area (Å²) in [7, 11) is -1.43. The molecule has 26 heavy (non-hydrogen) atoms. The lowest BCUT2D eigenvalue weighted by Crippen LogP contribution is -2.45. The molecule has 0 aliphatic carbocycles. The van der Waals surface area contributed by atoms with Crippen molar-refractivity contribution in [2.24, 2.45) is 0 Å². The lowest BCUT2D eigenvalue weighted by atomic mass is 9.96. The van der Waals surface area contributed by atoms with E-state index >= 15 is 0 Å². The first-order chi connectivity index (χ1) is 12.6. The Bertz CT molecular complexity index is 855. The molecule has 2 aliphatic rings. The normalized spacial score (nSPS) is 24.3. The molecule has 0 radical (unpaired) electrons. The van der Waals surface area contributed by atoms with Gasteiger partial charge in [-0.15, -0.1) is 0 Å². The number of rotatable bonds is 3. The number of piperidine rings is 1. The van der Waals surface area contributed by atoms with Gasteiger partial charge >= 0.3 is 0 Å². The van der Waals surface area contributed by atoms with Gasteiger partial charge in [-0.05, 0) is 50.6 Å². The molecule has 2 aromatic heterocycles. The number of nitrogens with zero attached hydrogens (tertiary/aromatic N) is 4. The largest absolute Gasteiger partial charge is 0.369 e. The van der Waals surface area contributed by atoms with Gasteiger partial charge in [-0.3, -0.25) is 4.90 Å². The number of likely N-dealkylation sites (N-methyl/N-ethyl adjacent to an activating group) is 1. The molecule has 6 nitrogen and oxygen atoms in total. The zero-order chi connectivity index (χ0) is 18.1. The fourth-order valence-electron chi connectivity index (χ4n) is 4.08. The quantitative estimate of drug-likeness (QED) is 0.824. The number of hydrogen-bond acceptors (Lipinski definition) is 6. The van der Waals surface area contributed by atoms with E-state index in [0.717, 1.165) is 25.2 Å². The van der Waals surface area contributed by atoms with Gasteiger partial charge in [0.25, 0.3) is 0 Å². The van der Waals surface area contributed by atoms with Crippen molar-refractivity contribution >= 4 is 15.5 Å². The van der Waals surface area contributed by atoms with Gasteiger partial charge in [0.2, 0.25) is 9.84 Å². The second-order valence-corrected chi connectivity index (χ2v) is 9.01. The van der Waals surface area contributed by atoms with E-state index in [1.54, 1.807) is 24.4 Å². The molecule has 2 atom stereocenters. The summed E-state index contributed by atoms with van der Waals surface area (Å²) < 4.78 is 25.2. The van der Waals surface area contributed by atoms with Crippen molar-refractivity contribution in [2.75, 3.05) is 25.0 Å². The Morgan fingerprint density at radius 1 is 1.00 bits per heavy atom. The molecule has 2 unspecified atom stereocenters. The van der Waals surface area contributed by atoms with E-state index in [1.807, 2.05) is 6.07 Å². The van der Waals surface area contributed by atoms with Crippen LogP contribution in [-0.4, -0.2) is 55.5 Å². The van der Waals surface area contributed by atoms with E-state index in [-0.39, 0.29) is 10.1 Å². The highest BCUT2D eigenvalue weighted by molar-refractivity contribution is 7.91. The van der Waals surface area contributed by atoms with Gasteiger partial charge in [-0.2, -0.15) is 0 Å². The average molecular weight is 372 g/mol. The first kappa shape index (κ1) is 17.4. The molecule has 0 N–H and O–H groups in total. The molecule has 0 amide bonds. The van der Waals surface area contributed by atoms with Crippen LogP contribution in [-0.2, 0) is 9.84 Å². The number of hydrogen-bond donors (Lipinski definition) is 0. The lowest BCUT2D eigenvalue weighted by Gasteiger charge is -2.37. The van der Waals surface area contributed by atoms with E-state index in [1.165, 1.54) is 31.5 Å². The molecule has 0 aromatic carbocycles. The Hall–Kier alpha value is -1.99. The van der Waals surface area contributed by atoms with Crippen molar-refractivity contribution in [2.45, 2.75) is 47.8 Å². The number of aromatic nitrogens is 2. The summed E-state index contributed by atoms with van der Waals surface area (Å²) in [5, 5.41) is 0.0797. The van der Waals surface area contributed by atoms with Gasteiger partial charge in [0, 0.05) is 31.4 Å². The van der Waals surface area contributed by atoms with Crippen LogP contribution in [0.15, 0.2) is 52.8 Å². The van der Waals surface area contributed by atoms with Crippen molar-refractivity contribution in [1.29, 1.82) is 0 Å². The Kier molecular flexibility index (Phi) is 4.67. The first-order valence-electron chi connectivity index (χ1n) is 9.15. The Balaban J connectivity index is 1.56. The fraction of sp³-hybridized carbons (Fsp3) is 0.474. The topological polar surface area (TPSA) is 66.4 Å². The molecule has 2 saturated heterocycles. The molecule has 2 bridgehead atoms. The van der Waals surface area contributed by atoms with Crippen LogP contribution in [0.3, 0.4) is 0 Å². The molecular formula is C19H24N4O2S. The van der Waals surface area contributed by atoms with Crippen LogP contribution < -0.4 is 4.90 Å². The third-order valence-electron chi connectivity index (χ3n) is 5.66. The smallest absolute Gasteiger partial charge is 0.241 e. The molecule has 0 spiro atoms. The molecule has 0 saturated carbocycles. The Morgan fingerprint density at radius 3 is 2.54 bits per heavy atom. The molecule has 138 valence electrons. The third kappa shape index (κ3) is 3.21. The number of fused-ring (bicyclic) bond motifs is 2. The summed E-state index contributed by atoms with van der Waals surface area (Å²) in [5.74, 6) is 0. The van der Waals surface area contributed by atoms with Crippen LogP contribution in [0.5, 0.6) is 0 Å².